The average Bonchev–Trinajstić information content (AvgIpc) is 2.83. The van der Waals surface area contributed by atoms with Gasteiger partial charge in [0.05, 0.1) is 0 Å². The number of fused-ring (bicyclic) bond motifs is 6. The lowest BCUT2D eigenvalue weighted by Gasteiger charge is -2.35. The number of ether oxygens (including phenoxy) is 1. The van der Waals surface area contributed by atoms with Gasteiger partial charge in [-0.3, -0.25) is 0 Å². The monoisotopic (exact) mass is 368 g/mol. The van der Waals surface area contributed by atoms with Gasteiger partial charge in [0.1, 0.15) is 27.9 Å². The molecule has 0 bridgehead atoms. The fourth-order valence-corrected chi connectivity index (χ4v) is 5.06. The van der Waals surface area contributed by atoms with Gasteiger partial charge >= 0.3 is 0 Å². The largest absolute Gasteiger partial charge is 0.508 e. The molecule has 0 radical (unpaired) electrons. The molecule has 0 fully saturated rings. The van der Waals surface area contributed by atoms with E-state index in [9.17, 15) is 18.6 Å². The molecular weight excluding hydrogens is 356 g/mol. The van der Waals surface area contributed by atoms with Crippen LogP contribution in [-0.2, 0) is 19.9 Å². The average molecular weight is 368 g/mol. The Morgan fingerprint density at radius 2 is 1.35 bits per heavy atom. The van der Waals surface area contributed by atoms with E-state index in [-0.39, 0.29) is 27.9 Å². The molecule has 0 atom stereocenters. The minimum Gasteiger partial charge on any atom is -0.508 e. The third kappa shape index (κ3) is 1.81. The van der Waals surface area contributed by atoms with Crippen LogP contribution in [0.2, 0.25) is 0 Å². The maximum absolute atomic E-state index is 12.7. The summed E-state index contributed by atoms with van der Waals surface area (Å²) in [6, 6.07) is 15.4. The Labute approximate surface area is 149 Å². The maximum Gasteiger partial charge on any atom is 0.298 e. The first kappa shape index (κ1) is 15.2. The molecule has 2 aliphatic heterocycles. The van der Waals surface area contributed by atoms with E-state index in [1.54, 1.807) is 30.3 Å². The van der Waals surface area contributed by atoms with E-state index in [1.165, 1.54) is 30.3 Å². The fourth-order valence-electron chi connectivity index (χ4n) is 3.65. The lowest BCUT2D eigenvalue weighted by Crippen LogP contribution is -2.32. The van der Waals surface area contributed by atoms with Crippen LogP contribution in [0.4, 0.5) is 0 Å². The van der Waals surface area contributed by atoms with Crippen LogP contribution >= 0.6 is 0 Å². The van der Waals surface area contributed by atoms with Gasteiger partial charge in [-0.2, -0.15) is 8.42 Å². The van der Waals surface area contributed by atoms with Gasteiger partial charge < -0.3 is 14.9 Å². The van der Waals surface area contributed by atoms with Crippen molar-refractivity contribution >= 4 is 10.1 Å². The highest BCUT2D eigenvalue weighted by atomic mass is 32.2. The maximum atomic E-state index is 12.7. The lowest BCUT2D eigenvalue weighted by atomic mass is 9.78. The number of phenols is 2. The molecule has 0 unspecified atom stereocenters. The zero-order valence-corrected chi connectivity index (χ0v) is 14.0. The summed E-state index contributed by atoms with van der Waals surface area (Å²) in [5.41, 5.74) is -0.0639. The zero-order valence-electron chi connectivity index (χ0n) is 13.2. The number of rotatable bonds is 0. The molecule has 5 rings (SSSR count). The van der Waals surface area contributed by atoms with Crippen LogP contribution in [0.3, 0.4) is 0 Å². The molecular formula is C19H12O6S. The Bertz CT molecular complexity index is 1130. The molecule has 0 amide bonds. The molecule has 0 aromatic heterocycles. The number of aromatic hydroxyl groups is 2. The van der Waals surface area contributed by atoms with Crippen molar-refractivity contribution in [1.29, 1.82) is 0 Å². The second-order valence-corrected chi connectivity index (χ2v) is 7.69. The van der Waals surface area contributed by atoms with Gasteiger partial charge in [-0.05, 0) is 30.3 Å². The molecule has 3 aromatic carbocycles. The topological polar surface area (TPSA) is 93.1 Å². The Balaban J connectivity index is 1.95. The Hall–Kier alpha value is -3.03. The molecule has 2 N–H and O–H groups in total. The number of hydrogen-bond donors (Lipinski definition) is 2. The minimum absolute atomic E-state index is 0.0309. The number of hydrogen-bond acceptors (Lipinski definition) is 6. The van der Waals surface area contributed by atoms with Crippen LogP contribution in [0.25, 0.3) is 0 Å². The van der Waals surface area contributed by atoms with Crippen LogP contribution < -0.4 is 4.74 Å². The standard InChI is InChI=1S/C19H12O6S/c20-11-5-7-13-16(9-11)24-17-10-12(21)6-8-14(17)19(13)15-3-1-2-4-18(15)26(22,23)25-19/h1-10,20-21H. The normalized spacial score (nSPS) is 17.8. The lowest BCUT2D eigenvalue weighted by molar-refractivity contribution is 0.163. The van der Waals surface area contributed by atoms with Gasteiger partial charge in [0.25, 0.3) is 10.1 Å². The third-order valence-corrected chi connectivity index (χ3v) is 6.04. The highest BCUT2D eigenvalue weighted by Gasteiger charge is 2.55. The van der Waals surface area contributed by atoms with Gasteiger partial charge in [0, 0.05) is 28.8 Å². The first-order valence-electron chi connectivity index (χ1n) is 7.82. The summed E-state index contributed by atoms with van der Waals surface area (Å²) in [6.45, 7) is 0. The molecule has 7 heteroatoms. The van der Waals surface area contributed by atoms with Crippen molar-refractivity contribution in [2.45, 2.75) is 10.5 Å². The van der Waals surface area contributed by atoms with Gasteiger partial charge in [-0.25, -0.2) is 4.18 Å². The summed E-state index contributed by atoms with van der Waals surface area (Å²) in [5.74, 6) is 0.457. The van der Waals surface area contributed by atoms with Crippen LogP contribution in [0.1, 0.15) is 16.7 Å². The number of benzene rings is 3. The van der Waals surface area contributed by atoms with E-state index >= 15 is 0 Å². The van der Waals surface area contributed by atoms with Crippen molar-refractivity contribution in [2.75, 3.05) is 0 Å². The van der Waals surface area contributed by atoms with E-state index in [4.69, 9.17) is 8.92 Å². The Morgan fingerprint density at radius 3 is 1.96 bits per heavy atom. The van der Waals surface area contributed by atoms with E-state index in [2.05, 4.69) is 0 Å². The second kappa shape index (κ2) is 4.78. The minimum atomic E-state index is -4.00. The highest BCUT2D eigenvalue weighted by Crippen LogP contribution is 2.58. The molecule has 1 spiro atoms. The van der Waals surface area contributed by atoms with Crippen molar-refractivity contribution in [1.82, 2.24) is 0 Å². The first-order valence-corrected chi connectivity index (χ1v) is 9.23. The van der Waals surface area contributed by atoms with Gasteiger partial charge in [0.2, 0.25) is 0 Å². The second-order valence-electron chi connectivity index (χ2n) is 6.18. The predicted molar refractivity (Wildman–Crippen MR) is 90.9 cm³/mol. The summed E-state index contributed by atoms with van der Waals surface area (Å²) in [7, 11) is -4.00. The van der Waals surface area contributed by atoms with Crippen LogP contribution in [0, 0.1) is 0 Å². The van der Waals surface area contributed by atoms with Gasteiger partial charge in [-0.1, -0.05) is 18.2 Å². The Morgan fingerprint density at radius 1 is 0.769 bits per heavy atom. The van der Waals surface area contributed by atoms with Crippen molar-refractivity contribution in [2.24, 2.45) is 0 Å². The van der Waals surface area contributed by atoms with Gasteiger partial charge in [-0.15, -0.1) is 0 Å². The highest BCUT2D eigenvalue weighted by molar-refractivity contribution is 7.87. The summed E-state index contributed by atoms with van der Waals surface area (Å²) < 4.78 is 37.0. The van der Waals surface area contributed by atoms with E-state index in [0.29, 0.717) is 16.7 Å². The summed E-state index contributed by atoms with van der Waals surface area (Å²) in [5, 5.41) is 19.7. The SMILES string of the molecule is O=S1(=O)OC2(c3ccc(O)cc3Oc3cc(O)ccc32)c2ccccc21. The molecule has 3 aromatic rings. The molecule has 0 aliphatic carbocycles. The zero-order chi connectivity index (χ0) is 18.1. The van der Waals surface area contributed by atoms with Crippen molar-refractivity contribution in [3.8, 4) is 23.0 Å². The third-order valence-electron chi connectivity index (χ3n) is 4.68. The molecule has 2 aliphatic rings. The molecule has 0 saturated carbocycles. The quantitative estimate of drug-likeness (QED) is 0.592. The molecule has 26 heavy (non-hydrogen) atoms. The van der Waals surface area contributed by atoms with Crippen LogP contribution in [0.5, 0.6) is 23.0 Å². The van der Waals surface area contributed by atoms with Crippen molar-refractivity contribution in [3.63, 3.8) is 0 Å². The van der Waals surface area contributed by atoms with Crippen LogP contribution in [0.15, 0.2) is 65.6 Å². The first-order chi connectivity index (χ1) is 12.4. The Kier molecular flexibility index (Phi) is 2.80. The molecule has 130 valence electrons. The van der Waals surface area contributed by atoms with Crippen molar-refractivity contribution in [3.05, 3.63) is 77.4 Å². The summed E-state index contributed by atoms with van der Waals surface area (Å²) in [4.78, 5) is 0.0833. The van der Waals surface area contributed by atoms with Crippen molar-refractivity contribution < 1.29 is 27.6 Å². The van der Waals surface area contributed by atoms with E-state index < -0.39 is 15.7 Å². The predicted octanol–water partition coefficient (Wildman–Crippen LogP) is 3.21. The molecule has 2 heterocycles. The molecule has 0 saturated heterocycles. The fraction of sp³-hybridized carbons (Fsp3) is 0.0526. The van der Waals surface area contributed by atoms with E-state index in [0.717, 1.165) is 0 Å². The number of phenolic OH excluding ortho intramolecular Hbond substituents is 2. The van der Waals surface area contributed by atoms with Gasteiger partial charge in [0.15, 0.2) is 5.60 Å². The smallest absolute Gasteiger partial charge is 0.298 e. The molecule has 6 nitrogen and oxygen atoms in total. The van der Waals surface area contributed by atoms with Crippen LogP contribution in [-0.4, -0.2) is 18.6 Å². The summed E-state index contributed by atoms with van der Waals surface area (Å²) in [6.07, 6.45) is 0. The van der Waals surface area contributed by atoms with E-state index in [1.807, 2.05) is 0 Å². The summed E-state index contributed by atoms with van der Waals surface area (Å²) >= 11 is 0.